The first-order valence-electron chi connectivity index (χ1n) is 24.1. The lowest BCUT2D eigenvalue weighted by Gasteiger charge is -2.24. The molecule has 6 nitrogen and oxygen atoms in total. The highest BCUT2D eigenvalue weighted by Gasteiger charge is 2.24. The van der Waals surface area contributed by atoms with Crippen LogP contribution >= 0.6 is 0 Å². The standard InChI is InChI=1S/C49H93NO5/c1-4-7-10-13-16-19-21-22-23-24-25-26-27-28-30-33-36-39-42-49(54)55-45(40-37-34-31-18-15-12-9-6-3)43-48(53)50-46(44-51)47(52)41-38-35-32-29-20-17-14-11-8-5-2/h23-26,45-47,51-52H,4-22,27-44H2,1-3H3,(H,50,53)/b24-23+,26-25+. The molecule has 3 atom stereocenters. The molecular formula is C49H93NO5. The van der Waals surface area contributed by atoms with Crippen LogP contribution in [-0.4, -0.2) is 46.9 Å². The van der Waals surface area contributed by atoms with E-state index >= 15 is 0 Å². The first-order chi connectivity index (χ1) is 27.0. The monoisotopic (exact) mass is 776 g/mol. The molecule has 0 heterocycles. The summed E-state index contributed by atoms with van der Waals surface area (Å²) in [5.41, 5.74) is 0. The Balaban J connectivity index is 4.44. The van der Waals surface area contributed by atoms with Gasteiger partial charge < -0.3 is 20.3 Å². The Bertz CT molecular complexity index is 873. The lowest BCUT2D eigenvalue weighted by Crippen LogP contribution is -2.46. The molecule has 324 valence electrons. The molecular weight excluding hydrogens is 683 g/mol. The summed E-state index contributed by atoms with van der Waals surface area (Å²) in [6.07, 6.45) is 48.2. The van der Waals surface area contributed by atoms with Crippen molar-refractivity contribution in [2.24, 2.45) is 0 Å². The summed E-state index contributed by atoms with van der Waals surface area (Å²) in [4.78, 5) is 25.9. The van der Waals surface area contributed by atoms with Crippen LogP contribution in [0.5, 0.6) is 0 Å². The lowest BCUT2D eigenvalue weighted by molar-refractivity contribution is -0.151. The summed E-state index contributed by atoms with van der Waals surface area (Å²) in [5, 5.41) is 23.6. The molecule has 0 aliphatic carbocycles. The van der Waals surface area contributed by atoms with Gasteiger partial charge in [-0.2, -0.15) is 0 Å². The Morgan fingerprint density at radius 2 is 0.909 bits per heavy atom. The fourth-order valence-corrected chi connectivity index (χ4v) is 7.36. The van der Waals surface area contributed by atoms with Crippen molar-refractivity contribution in [3.05, 3.63) is 24.3 Å². The summed E-state index contributed by atoms with van der Waals surface area (Å²) >= 11 is 0. The van der Waals surface area contributed by atoms with Crippen molar-refractivity contribution >= 4 is 11.9 Å². The molecule has 0 fully saturated rings. The predicted molar refractivity (Wildman–Crippen MR) is 236 cm³/mol. The van der Waals surface area contributed by atoms with Crippen molar-refractivity contribution in [3.63, 3.8) is 0 Å². The van der Waals surface area contributed by atoms with E-state index in [-0.39, 0.29) is 24.9 Å². The lowest BCUT2D eigenvalue weighted by atomic mass is 10.0. The van der Waals surface area contributed by atoms with Crippen molar-refractivity contribution < 1.29 is 24.5 Å². The van der Waals surface area contributed by atoms with Crippen molar-refractivity contribution in [1.82, 2.24) is 5.32 Å². The van der Waals surface area contributed by atoms with E-state index in [0.29, 0.717) is 19.3 Å². The van der Waals surface area contributed by atoms with Crippen LogP contribution in [0.3, 0.4) is 0 Å². The van der Waals surface area contributed by atoms with Gasteiger partial charge in [0.15, 0.2) is 0 Å². The van der Waals surface area contributed by atoms with E-state index in [2.05, 4.69) is 50.4 Å². The van der Waals surface area contributed by atoms with E-state index in [1.807, 2.05) is 0 Å². The quantitative estimate of drug-likeness (QED) is 0.0326. The Labute approximate surface area is 341 Å². The van der Waals surface area contributed by atoms with Gasteiger partial charge in [0.05, 0.1) is 25.2 Å². The molecule has 1 amide bonds. The van der Waals surface area contributed by atoms with Gasteiger partial charge in [0.1, 0.15) is 6.10 Å². The summed E-state index contributed by atoms with van der Waals surface area (Å²) in [6.45, 7) is 6.44. The highest BCUT2D eigenvalue weighted by Crippen LogP contribution is 2.17. The largest absolute Gasteiger partial charge is 0.462 e. The number of hydrogen-bond donors (Lipinski definition) is 3. The van der Waals surface area contributed by atoms with Crippen LogP contribution in [0.25, 0.3) is 0 Å². The fourth-order valence-electron chi connectivity index (χ4n) is 7.36. The molecule has 6 heteroatoms. The topological polar surface area (TPSA) is 95.9 Å². The summed E-state index contributed by atoms with van der Waals surface area (Å²) in [6, 6.07) is -0.697. The number of carbonyl (C=O) groups is 2. The maximum Gasteiger partial charge on any atom is 0.306 e. The number of allylic oxidation sites excluding steroid dienone is 4. The molecule has 3 N–H and O–H groups in total. The number of carbonyl (C=O) groups excluding carboxylic acids is 2. The second kappa shape index (κ2) is 43.5. The van der Waals surface area contributed by atoms with E-state index in [1.54, 1.807) is 0 Å². The third-order valence-electron chi connectivity index (χ3n) is 11.1. The zero-order valence-corrected chi connectivity index (χ0v) is 36.8. The molecule has 0 aliphatic rings. The van der Waals surface area contributed by atoms with Gasteiger partial charge in [-0.15, -0.1) is 0 Å². The number of unbranched alkanes of at least 4 members (excludes halogenated alkanes) is 28. The number of esters is 1. The smallest absolute Gasteiger partial charge is 0.306 e. The minimum Gasteiger partial charge on any atom is -0.462 e. The Kier molecular flexibility index (Phi) is 42.2. The minimum atomic E-state index is -0.783. The van der Waals surface area contributed by atoms with Gasteiger partial charge in [-0.25, -0.2) is 0 Å². The van der Waals surface area contributed by atoms with Gasteiger partial charge >= 0.3 is 5.97 Å². The van der Waals surface area contributed by atoms with Crippen molar-refractivity contribution in [2.45, 2.75) is 270 Å². The number of rotatable bonds is 43. The van der Waals surface area contributed by atoms with Crippen LogP contribution in [0.2, 0.25) is 0 Å². The first kappa shape index (κ1) is 53.3. The van der Waals surface area contributed by atoms with Gasteiger partial charge in [0.2, 0.25) is 5.91 Å². The van der Waals surface area contributed by atoms with Crippen LogP contribution in [0.4, 0.5) is 0 Å². The van der Waals surface area contributed by atoms with Crippen molar-refractivity contribution in [1.29, 1.82) is 0 Å². The Morgan fingerprint density at radius 1 is 0.527 bits per heavy atom. The summed E-state index contributed by atoms with van der Waals surface area (Å²) < 4.78 is 5.89. The van der Waals surface area contributed by atoms with Crippen LogP contribution in [0.15, 0.2) is 24.3 Å². The zero-order chi connectivity index (χ0) is 40.3. The molecule has 0 aromatic carbocycles. The third kappa shape index (κ3) is 39.0. The molecule has 0 bridgehead atoms. The fraction of sp³-hybridized carbons (Fsp3) is 0.878. The van der Waals surface area contributed by atoms with Crippen molar-refractivity contribution in [3.8, 4) is 0 Å². The van der Waals surface area contributed by atoms with E-state index in [4.69, 9.17) is 4.74 Å². The SMILES string of the molecule is CCCCCCCCC/C=C/C=C/CCCCCCCC(=O)OC(CCCCCCCCCC)CC(=O)NC(CO)C(O)CCCCCCCCCCCC. The number of amides is 1. The minimum absolute atomic E-state index is 0.0749. The molecule has 0 saturated carbocycles. The van der Waals surface area contributed by atoms with Crippen LogP contribution in [0.1, 0.15) is 252 Å². The third-order valence-corrected chi connectivity index (χ3v) is 11.1. The molecule has 0 spiro atoms. The molecule has 0 aromatic rings. The van der Waals surface area contributed by atoms with E-state index in [1.165, 1.54) is 148 Å². The van der Waals surface area contributed by atoms with Crippen LogP contribution in [-0.2, 0) is 14.3 Å². The predicted octanol–water partition coefficient (Wildman–Crippen LogP) is 14.0. The zero-order valence-electron chi connectivity index (χ0n) is 36.8. The number of aliphatic hydroxyl groups is 2. The average molecular weight is 776 g/mol. The Morgan fingerprint density at radius 3 is 1.35 bits per heavy atom. The normalized spacial score (nSPS) is 13.5. The van der Waals surface area contributed by atoms with Gasteiger partial charge in [-0.3, -0.25) is 9.59 Å². The molecule has 0 radical (unpaired) electrons. The van der Waals surface area contributed by atoms with Crippen molar-refractivity contribution in [2.75, 3.05) is 6.61 Å². The van der Waals surface area contributed by atoms with Crippen LogP contribution in [0, 0.1) is 0 Å². The molecule has 55 heavy (non-hydrogen) atoms. The molecule has 0 rings (SSSR count). The summed E-state index contributed by atoms with van der Waals surface area (Å²) in [7, 11) is 0. The van der Waals surface area contributed by atoms with E-state index < -0.39 is 18.2 Å². The highest BCUT2D eigenvalue weighted by atomic mass is 16.5. The molecule has 0 aliphatic heterocycles. The maximum absolute atomic E-state index is 13.1. The first-order valence-corrected chi connectivity index (χ1v) is 24.1. The van der Waals surface area contributed by atoms with Crippen LogP contribution < -0.4 is 5.32 Å². The van der Waals surface area contributed by atoms with Gasteiger partial charge in [0.25, 0.3) is 0 Å². The molecule has 0 saturated heterocycles. The second-order valence-electron chi connectivity index (χ2n) is 16.5. The summed E-state index contributed by atoms with van der Waals surface area (Å²) in [5.74, 6) is -0.487. The molecule has 0 aromatic heterocycles. The maximum atomic E-state index is 13.1. The van der Waals surface area contributed by atoms with E-state index in [0.717, 1.165) is 57.8 Å². The molecule has 3 unspecified atom stereocenters. The van der Waals surface area contributed by atoms with Gasteiger partial charge in [0, 0.05) is 6.42 Å². The average Bonchev–Trinajstić information content (AvgIpc) is 3.18. The second-order valence-corrected chi connectivity index (χ2v) is 16.5. The number of hydrogen-bond acceptors (Lipinski definition) is 5. The number of nitrogens with one attached hydrogen (secondary N) is 1. The van der Waals surface area contributed by atoms with Gasteiger partial charge in [-0.1, -0.05) is 212 Å². The highest BCUT2D eigenvalue weighted by molar-refractivity contribution is 5.77. The number of ether oxygens (including phenoxy) is 1. The Hall–Kier alpha value is -1.66. The van der Waals surface area contributed by atoms with Gasteiger partial charge in [-0.05, 0) is 51.4 Å². The number of aliphatic hydroxyl groups excluding tert-OH is 2. The van der Waals surface area contributed by atoms with E-state index in [9.17, 15) is 19.8 Å².